The Hall–Kier alpha value is -3.42. The van der Waals surface area contributed by atoms with Crippen LogP contribution in [0.25, 0.3) is 0 Å². The van der Waals surface area contributed by atoms with E-state index in [2.05, 4.69) is 5.32 Å². The molecular formula is C21H24N2O6. The van der Waals surface area contributed by atoms with Gasteiger partial charge in [-0.1, -0.05) is 6.07 Å². The lowest BCUT2D eigenvalue weighted by molar-refractivity contribution is -0.118. The first kappa shape index (κ1) is 20.3. The van der Waals surface area contributed by atoms with Crippen LogP contribution >= 0.6 is 0 Å². The second-order valence-corrected chi connectivity index (χ2v) is 6.40. The molecule has 1 fully saturated rings. The average molecular weight is 400 g/mol. The lowest BCUT2D eigenvalue weighted by Crippen LogP contribution is -2.24. The molecule has 29 heavy (non-hydrogen) atoms. The molecule has 1 saturated heterocycles. The smallest absolute Gasteiger partial charge is 0.262 e. The standard InChI is InChI=1S/C21H24N2O6/c1-26-17-10-14(11-18(27-2)21(17)28-3)22-19(24)13-29-16-7-4-6-15(12-16)23-9-5-8-20(23)25/h4,6-7,10-12H,5,8-9,13H2,1-3H3,(H,22,24). The molecule has 1 aliphatic rings. The van der Waals surface area contributed by atoms with Gasteiger partial charge in [0.1, 0.15) is 5.75 Å². The number of carbonyl (C=O) groups excluding carboxylic acids is 2. The van der Waals surface area contributed by atoms with E-state index in [0.29, 0.717) is 41.7 Å². The van der Waals surface area contributed by atoms with Crippen LogP contribution in [0.15, 0.2) is 36.4 Å². The molecule has 8 heteroatoms. The molecule has 0 bridgehead atoms. The van der Waals surface area contributed by atoms with Crippen molar-refractivity contribution >= 4 is 23.2 Å². The van der Waals surface area contributed by atoms with Crippen molar-refractivity contribution in [2.75, 3.05) is 44.7 Å². The number of ether oxygens (including phenoxy) is 4. The summed E-state index contributed by atoms with van der Waals surface area (Å²) in [7, 11) is 4.52. The molecule has 2 aromatic rings. The van der Waals surface area contributed by atoms with Gasteiger partial charge in [-0.15, -0.1) is 0 Å². The van der Waals surface area contributed by atoms with Gasteiger partial charge in [0.25, 0.3) is 5.91 Å². The number of carbonyl (C=O) groups is 2. The van der Waals surface area contributed by atoms with Gasteiger partial charge in [-0.3, -0.25) is 9.59 Å². The van der Waals surface area contributed by atoms with Crippen LogP contribution in [-0.4, -0.2) is 46.3 Å². The van der Waals surface area contributed by atoms with Gasteiger partial charge in [0.15, 0.2) is 18.1 Å². The van der Waals surface area contributed by atoms with Crippen molar-refractivity contribution in [3.05, 3.63) is 36.4 Å². The lowest BCUT2D eigenvalue weighted by atomic mass is 10.2. The van der Waals surface area contributed by atoms with E-state index in [0.717, 1.165) is 12.1 Å². The van der Waals surface area contributed by atoms with Crippen molar-refractivity contribution in [1.29, 1.82) is 0 Å². The van der Waals surface area contributed by atoms with E-state index in [9.17, 15) is 9.59 Å². The zero-order chi connectivity index (χ0) is 20.8. The summed E-state index contributed by atoms with van der Waals surface area (Å²) in [6.45, 7) is 0.512. The summed E-state index contributed by atoms with van der Waals surface area (Å²) in [6, 6.07) is 10.4. The third kappa shape index (κ3) is 4.71. The normalized spacial score (nSPS) is 13.2. The summed E-state index contributed by atoms with van der Waals surface area (Å²) in [4.78, 5) is 25.9. The minimum Gasteiger partial charge on any atom is -0.493 e. The zero-order valence-electron chi connectivity index (χ0n) is 16.7. The molecule has 1 aliphatic heterocycles. The summed E-state index contributed by atoms with van der Waals surface area (Å²) in [5.41, 5.74) is 1.26. The van der Waals surface area contributed by atoms with Gasteiger partial charge < -0.3 is 29.2 Å². The monoisotopic (exact) mass is 400 g/mol. The SMILES string of the molecule is COc1cc(NC(=O)COc2cccc(N3CCCC3=O)c2)cc(OC)c1OC. The summed E-state index contributed by atoms with van der Waals surface area (Å²) in [5, 5.41) is 2.75. The number of rotatable bonds is 8. The van der Waals surface area contributed by atoms with E-state index in [1.165, 1.54) is 21.3 Å². The quantitative estimate of drug-likeness (QED) is 0.733. The molecule has 0 aliphatic carbocycles. The molecule has 1 N–H and O–H groups in total. The number of benzene rings is 2. The minimum atomic E-state index is -0.345. The number of nitrogens with zero attached hydrogens (tertiary/aromatic N) is 1. The number of methoxy groups -OCH3 is 3. The molecule has 0 saturated carbocycles. The van der Waals surface area contributed by atoms with Crippen molar-refractivity contribution in [1.82, 2.24) is 0 Å². The highest BCUT2D eigenvalue weighted by Gasteiger charge is 2.22. The predicted molar refractivity (Wildman–Crippen MR) is 108 cm³/mol. The molecule has 0 unspecified atom stereocenters. The van der Waals surface area contributed by atoms with Crippen LogP contribution in [0.2, 0.25) is 0 Å². The van der Waals surface area contributed by atoms with Gasteiger partial charge in [-0.05, 0) is 18.6 Å². The minimum absolute atomic E-state index is 0.0993. The van der Waals surface area contributed by atoms with Crippen LogP contribution in [0.1, 0.15) is 12.8 Å². The zero-order valence-corrected chi connectivity index (χ0v) is 16.7. The third-order valence-corrected chi connectivity index (χ3v) is 4.52. The largest absolute Gasteiger partial charge is 0.493 e. The Balaban J connectivity index is 1.64. The molecule has 1 heterocycles. The summed E-state index contributed by atoms with van der Waals surface area (Å²) in [6.07, 6.45) is 1.41. The van der Waals surface area contributed by atoms with Crippen LogP contribution in [0.5, 0.6) is 23.0 Å². The molecule has 0 radical (unpaired) electrons. The number of amides is 2. The maximum atomic E-state index is 12.3. The van der Waals surface area contributed by atoms with Crippen molar-refractivity contribution in [3.63, 3.8) is 0 Å². The second kappa shape index (κ2) is 9.18. The Bertz CT molecular complexity index is 873. The Morgan fingerprint density at radius 2 is 1.79 bits per heavy atom. The number of anilines is 2. The lowest BCUT2D eigenvalue weighted by Gasteiger charge is -2.17. The molecule has 0 spiro atoms. The fourth-order valence-corrected chi connectivity index (χ4v) is 3.16. The molecule has 3 rings (SSSR count). The van der Waals surface area contributed by atoms with Crippen LogP contribution in [-0.2, 0) is 9.59 Å². The first-order chi connectivity index (χ1) is 14.0. The van der Waals surface area contributed by atoms with Crippen LogP contribution < -0.4 is 29.2 Å². The second-order valence-electron chi connectivity index (χ2n) is 6.40. The van der Waals surface area contributed by atoms with Crippen molar-refractivity contribution in [3.8, 4) is 23.0 Å². The Kier molecular flexibility index (Phi) is 6.43. The fourth-order valence-electron chi connectivity index (χ4n) is 3.16. The molecular weight excluding hydrogens is 376 g/mol. The molecule has 2 aromatic carbocycles. The molecule has 0 atom stereocenters. The Labute approximate surface area is 169 Å². The summed E-state index contributed by atoms with van der Waals surface area (Å²) < 4.78 is 21.4. The molecule has 0 aromatic heterocycles. The summed E-state index contributed by atoms with van der Waals surface area (Å²) >= 11 is 0. The first-order valence-electron chi connectivity index (χ1n) is 9.18. The van der Waals surface area contributed by atoms with E-state index in [1.807, 2.05) is 6.07 Å². The summed E-state index contributed by atoms with van der Waals surface area (Å²) in [5.74, 6) is 1.58. The predicted octanol–water partition coefficient (Wildman–Crippen LogP) is 2.86. The average Bonchev–Trinajstić information content (AvgIpc) is 3.17. The molecule has 2 amide bonds. The highest BCUT2D eigenvalue weighted by Crippen LogP contribution is 2.39. The van der Waals surface area contributed by atoms with Gasteiger partial charge >= 0.3 is 0 Å². The van der Waals surface area contributed by atoms with Crippen LogP contribution in [0, 0.1) is 0 Å². The van der Waals surface area contributed by atoms with E-state index in [4.69, 9.17) is 18.9 Å². The Morgan fingerprint density at radius 3 is 2.38 bits per heavy atom. The number of hydrogen-bond donors (Lipinski definition) is 1. The highest BCUT2D eigenvalue weighted by molar-refractivity contribution is 5.95. The van der Waals surface area contributed by atoms with Gasteiger partial charge in [-0.25, -0.2) is 0 Å². The Morgan fingerprint density at radius 1 is 1.07 bits per heavy atom. The molecule has 8 nitrogen and oxygen atoms in total. The topological polar surface area (TPSA) is 86.3 Å². The molecule has 154 valence electrons. The van der Waals surface area contributed by atoms with E-state index in [-0.39, 0.29) is 18.4 Å². The first-order valence-corrected chi connectivity index (χ1v) is 9.18. The van der Waals surface area contributed by atoms with Crippen molar-refractivity contribution < 1.29 is 28.5 Å². The van der Waals surface area contributed by atoms with Crippen molar-refractivity contribution in [2.24, 2.45) is 0 Å². The van der Waals surface area contributed by atoms with Gasteiger partial charge in [-0.2, -0.15) is 0 Å². The number of nitrogens with one attached hydrogen (secondary N) is 1. The third-order valence-electron chi connectivity index (χ3n) is 4.52. The maximum Gasteiger partial charge on any atom is 0.262 e. The maximum absolute atomic E-state index is 12.3. The van der Waals surface area contributed by atoms with Gasteiger partial charge in [0.05, 0.1) is 21.3 Å². The van der Waals surface area contributed by atoms with Crippen LogP contribution in [0.3, 0.4) is 0 Å². The highest BCUT2D eigenvalue weighted by atomic mass is 16.5. The van der Waals surface area contributed by atoms with Gasteiger partial charge in [0.2, 0.25) is 11.7 Å². The number of hydrogen-bond acceptors (Lipinski definition) is 6. The van der Waals surface area contributed by atoms with Crippen molar-refractivity contribution in [2.45, 2.75) is 12.8 Å². The van der Waals surface area contributed by atoms with Gasteiger partial charge in [0, 0.05) is 42.5 Å². The fraction of sp³-hybridized carbons (Fsp3) is 0.333. The van der Waals surface area contributed by atoms with E-state index in [1.54, 1.807) is 35.2 Å². The van der Waals surface area contributed by atoms with Crippen LogP contribution in [0.4, 0.5) is 11.4 Å². The van der Waals surface area contributed by atoms with E-state index >= 15 is 0 Å². The van der Waals surface area contributed by atoms with E-state index < -0.39 is 0 Å².